The van der Waals surface area contributed by atoms with E-state index in [-0.39, 0.29) is 6.42 Å². The lowest BCUT2D eigenvalue weighted by atomic mass is 9.96. The monoisotopic (exact) mass is 291 g/mol. The van der Waals surface area contributed by atoms with E-state index in [4.69, 9.17) is 11.5 Å². The van der Waals surface area contributed by atoms with Crippen molar-refractivity contribution in [2.75, 3.05) is 5.32 Å². The molecular weight excluding hydrogens is 274 g/mol. The van der Waals surface area contributed by atoms with Crippen molar-refractivity contribution >= 4 is 23.5 Å². The lowest BCUT2D eigenvalue weighted by molar-refractivity contribution is -0.140. The molecule has 1 fully saturated rings. The molecule has 2 rings (SSSR count). The molecule has 112 valence electrons. The van der Waals surface area contributed by atoms with Gasteiger partial charge in [-0.3, -0.25) is 14.4 Å². The first-order chi connectivity index (χ1) is 9.85. The van der Waals surface area contributed by atoms with Gasteiger partial charge in [0.1, 0.15) is 0 Å². The topological polar surface area (TPSA) is 136 Å². The van der Waals surface area contributed by atoms with Gasteiger partial charge in [0.2, 0.25) is 11.8 Å². The summed E-state index contributed by atoms with van der Waals surface area (Å²) < 4.78 is 0. The molecule has 0 spiro atoms. The molecule has 1 atom stereocenters. The number of aliphatic carboxylic acids is 1. The number of carbonyl (C=O) groups is 3. The van der Waals surface area contributed by atoms with Crippen LogP contribution in [0.1, 0.15) is 24.8 Å². The Bertz CT molecular complexity index is 578. The molecule has 0 bridgehead atoms. The number of carboxylic acids is 1. The summed E-state index contributed by atoms with van der Waals surface area (Å²) in [5.74, 6) is -1.99. The molecule has 0 saturated heterocycles. The van der Waals surface area contributed by atoms with Crippen molar-refractivity contribution in [3.63, 3.8) is 0 Å². The summed E-state index contributed by atoms with van der Waals surface area (Å²) in [6, 6.07) is 5.59. The molecule has 7 nitrogen and oxygen atoms in total. The van der Waals surface area contributed by atoms with Gasteiger partial charge in [0.15, 0.2) is 0 Å². The minimum atomic E-state index is -1.00. The van der Waals surface area contributed by atoms with Crippen LogP contribution in [0.4, 0.5) is 5.69 Å². The minimum Gasteiger partial charge on any atom is -0.481 e. The maximum Gasteiger partial charge on any atom is 0.314 e. The lowest BCUT2D eigenvalue weighted by Gasteiger charge is -2.13. The smallest absolute Gasteiger partial charge is 0.314 e. The molecule has 1 unspecified atom stereocenters. The van der Waals surface area contributed by atoms with Crippen molar-refractivity contribution in [2.24, 2.45) is 11.5 Å². The Morgan fingerprint density at radius 1 is 1.24 bits per heavy atom. The second kappa shape index (κ2) is 5.53. The van der Waals surface area contributed by atoms with Crippen LogP contribution in [0.3, 0.4) is 0 Å². The first-order valence-corrected chi connectivity index (χ1v) is 6.54. The zero-order valence-corrected chi connectivity index (χ0v) is 11.3. The first-order valence-electron chi connectivity index (χ1n) is 6.54. The Morgan fingerprint density at radius 3 is 2.24 bits per heavy atom. The van der Waals surface area contributed by atoms with Gasteiger partial charge >= 0.3 is 5.97 Å². The predicted molar refractivity (Wildman–Crippen MR) is 75.4 cm³/mol. The van der Waals surface area contributed by atoms with Crippen LogP contribution in [0.2, 0.25) is 0 Å². The highest BCUT2D eigenvalue weighted by molar-refractivity contribution is 5.97. The highest BCUT2D eigenvalue weighted by Crippen LogP contribution is 2.48. The second-order valence-electron chi connectivity index (χ2n) is 5.23. The zero-order valence-electron chi connectivity index (χ0n) is 11.3. The van der Waals surface area contributed by atoms with E-state index in [2.05, 4.69) is 5.32 Å². The number of hydrogen-bond donors (Lipinski definition) is 4. The van der Waals surface area contributed by atoms with Crippen molar-refractivity contribution in [1.82, 2.24) is 0 Å². The van der Waals surface area contributed by atoms with Gasteiger partial charge in [0, 0.05) is 5.69 Å². The first kappa shape index (κ1) is 15.0. The third kappa shape index (κ3) is 3.19. The molecule has 0 heterocycles. The maximum absolute atomic E-state index is 11.7. The fourth-order valence-electron chi connectivity index (χ4n) is 2.17. The van der Waals surface area contributed by atoms with E-state index < -0.39 is 29.2 Å². The molecule has 1 saturated carbocycles. The molecule has 7 heteroatoms. The molecule has 0 aliphatic heterocycles. The van der Waals surface area contributed by atoms with E-state index in [0.717, 1.165) is 5.56 Å². The average molecular weight is 291 g/mol. The number of amides is 2. The van der Waals surface area contributed by atoms with Gasteiger partial charge in [0.05, 0.1) is 17.9 Å². The van der Waals surface area contributed by atoms with Gasteiger partial charge < -0.3 is 21.9 Å². The van der Waals surface area contributed by atoms with Crippen molar-refractivity contribution in [2.45, 2.75) is 30.7 Å². The van der Waals surface area contributed by atoms with Gasteiger partial charge in [-0.05, 0) is 30.5 Å². The summed E-state index contributed by atoms with van der Waals surface area (Å²) in [6.07, 6.45) is 1.01. The molecule has 0 radical (unpaired) electrons. The number of nitrogens with two attached hydrogens (primary N) is 2. The average Bonchev–Trinajstić information content (AvgIpc) is 3.20. The van der Waals surface area contributed by atoms with E-state index in [9.17, 15) is 19.5 Å². The van der Waals surface area contributed by atoms with E-state index in [1.54, 1.807) is 24.3 Å². The molecule has 6 N–H and O–H groups in total. The number of hydrogen-bond acceptors (Lipinski definition) is 4. The number of anilines is 1. The fraction of sp³-hybridized carbons (Fsp3) is 0.357. The van der Waals surface area contributed by atoms with E-state index in [1.807, 2.05) is 0 Å². The van der Waals surface area contributed by atoms with Gasteiger partial charge in [-0.25, -0.2) is 0 Å². The Morgan fingerprint density at radius 2 is 1.81 bits per heavy atom. The van der Waals surface area contributed by atoms with Crippen LogP contribution in [-0.2, 0) is 19.8 Å². The maximum atomic E-state index is 11.7. The molecule has 1 aliphatic rings. The summed E-state index contributed by atoms with van der Waals surface area (Å²) in [6.45, 7) is 0. The highest BCUT2D eigenvalue weighted by atomic mass is 16.4. The minimum absolute atomic E-state index is 0.230. The summed E-state index contributed by atoms with van der Waals surface area (Å²) in [4.78, 5) is 33.6. The Balaban J connectivity index is 2.02. The summed E-state index contributed by atoms with van der Waals surface area (Å²) in [7, 11) is 0. The normalized spacial score (nSPS) is 16.8. The molecule has 1 aromatic carbocycles. The van der Waals surface area contributed by atoms with Crippen molar-refractivity contribution in [3.05, 3.63) is 29.8 Å². The van der Waals surface area contributed by atoms with Crippen molar-refractivity contribution in [1.29, 1.82) is 0 Å². The highest BCUT2D eigenvalue weighted by Gasteiger charge is 2.51. The largest absolute Gasteiger partial charge is 0.481 e. The fourth-order valence-corrected chi connectivity index (χ4v) is 2.17. The van der Waals surface area contributed by atoms with Crippen LogP contribution in [0.5, 0.6) is 0 Å². The number of benzene rings is 1. The Labute approximate surface area is 121 Å². The third-order valence-electron chi connectivity index (χ3n) is 3.62. The van der Waals surface area contributed by atoms with E-state index >= 15 is 0 Å². The van der Waals surface area contributed by atoms with Gasteiger partial charge in [0.25, 0.3) is 0 Å². The number of carboxylic acid groups (broad SMARTS) is 1. The quantitative estimate of drug-likeness (QED) is 0.582. The van der Waals surface area contributed by atoms with Crippen LogP contribution < -0.4 is 16.8 Å². The number of carbonyl (C=O) groups excluding carboxylic acids is 2. The molecule has 0 aromatic heterocycles. The van der Waals surface area contributed by atoms with Crippen molar-refractivity contribution in [3.8, 4) is 0 Å². The summed E-state index contributed by atoms with van der Waals surface area (Å²) in [5, 5.41) is 11.8. The molecule has 1 aliphatic carbocycles. The van der Waals surface area contributed by atoms with Gasteiger partial charge in [-0.2, -0.15) is 0 Å². The van der Waals surface area contributed by atoms with Crippen LogP contribution in [-0.4, -0.2) is 28.9 Å². The standard InChI is InChI=1S/C14H17N3O4/c15-10(7-11(16)18)12(19)17-9-3-1-8(2-4-9)14(5-6-14)13(20)21/h1-4,10H,5-7,15H2,(H2,16,18)(H,17,19)(H,20,21). The van der Waals surface area contributed by atoms with Crippen LogP contribution >= 0.6 is 0 Å². The lowest BCUT2D eigenvalue weighted by Crippen LogP contribution is -2.39. The second-order valence-corrected chi connectivity index (χ2v) is 5.23. The number of nitrogens with one attached hydrogen (secondary N) is 1. The van der Waals surface area contributed by atoms with Crippen LogP contribution in [0.15, 0.2) is 24.3 Å². The van der Waals surface area contributed by atoms with E-state index in [1.165, 1.54) is 0 Å². The predicted octanol–water partition coefficient (Wildman–Crippen LogP) is -0.0560. The molecule has 2 amide bonds. The third-order valence-corrected chi connectivity index (χ3v) is 3.62. The van der Waals surface area contributed by atoms with Gasteiger partial charge in [-0.1, -0.05) is 12.1 Å². The summed E-state index contributed by atoms with van der Waals surface area (Å²) >= 11 is 0. The molecule has 1 aromatic rings. The Kier molecular flexibility index (Phi) is 3.95. The molecular formula is C14H17N3O4. The number of rotatable bonds is 6. The Hall–Kier alpha value is -2.41. The summed E-state index contributed by atoms with van der Waals surface area (Å²) in [5.41, 5.74) is 10.9. The van der Waals surface area contributed by atoms with E-state index in [0.29, 0.717) is 18.5 Å². The van der Waals surface area contributed by atoms with Crippen LogP contribution in [0.25, 0.3) is 0 Å². The SMILES string of the molecule is NC(=O)CC(N)C(=O)Nc1ccc(C2(C(=O)O)CC2)cc1. The van der Waals surface area contributed by atoms with Gasteiger partial charge in [-0.15, -0.1) is 0 Å². The number of primary amides is 1. The zero-order chi connectivity index (χ0) is 15.6. The van der Waals surface area contributed by atoms with Crippen LogP contribution in [0, 0.1) is 0 Å². The molecule has 21 heavy (non-hydrogen) atoms. The van der Waals surface area contributed by atoms with Crippen molar-refractivity contribution < 1.29 is 19.5 Å².